The van der Waals surface area contributed by atoms with E-state index < -0.39 is 0 Å². The number of carbonyl (C=O) groups is 3. The number of rotatable bonds is 3. The average Bonchev–Trinajstić information content (AvgIpc) is 3.00. The number of piperazine rings is 1. The molecule has 1 saturated heterocycles. The zero-order valence-corrected chi connectivity index (χ0v) is 15.2. The SMILES string of the molecule is CC(=O)N1CCN(C(=O)c2nc(C(=O)NC(C)C)c3ccccn23)CC1. The zero-order valence-electron chi connectivity index (χ0n) is 15.2. The average molecular weight is 357 g/mol. The molecule has 2 aromatic rings. The van der Waals surface area contributed by atoms with Gasteiger partial charge in [-0.25, -0.2) is 4.98 Å². The van der Waals surface area contributed by atoms with Crippen LogP contribution in [0.3, 0.4) is 0 Å². The van der Waals surface area contributed by atoms with Crippen molar-refractivity contribution in [3.05, 3.63) is 35.9 Å². The molecule has 0 radical (unpaired) electrons. The van der Waals surface area contributed by atoms with Crippen LogP contribution in [0.15, 0.2) is 24.4 Å². The van der Waals surface area contributed by atoms with E-state index in [0.29, 0.717) is 31.7 Å². The Bertz CT molecular complexity index is 850. The van der Waals surface area contributed by atoms with Crippen LogP contribution in [0.1, 0.15) is 41.9 Å². The molecule has 3 amide bonds. The van der Waals surface area contributed by atoms with Gasteiger partial charge in [-0.2, -0.15) is 0 Å². The second-order valence-electron chi connectivity index (χ2n) is 6.67. The first-order chi connectivity index (χ1) is 12.4. The highest BCUT2D eigenvalue weighted by atomic mass is 16.2. The Morgan fingerprint density at radius 2 is 1.73 bits per heavy atom. The summed E-state index contributed by atoms with van der Waals surface area (Å²) in [5.74, 6) is -0.316. The molecule has 0 spiro atoms. The third-order valence-electron chi connectivity index (χ3n) is 4.39. The molecule has 0 bridgehead atoms. The van der Waals surface area contributed by atoms with Gasteiger partial charge in [-0.15, -0.1) is 0 Å². The van der Waals surface area contributed by atoms with E-state index in [1.54, 1.807) is 32.5 Å². The van der Waals surface area contributed by atoms with Crippen molar-refractivity contribution in [2.75, 3.05) is 26.2 Å². The third-order valence-corrected chi connectivity index (χ3v) is 4.39. The monoisotopic (exact) mass is 357 g/mol. The number of carbonyl (C=O) groups excluding carboxylic acids is 3. The van der Waals surface area contributed by atoms with Gasteiger partial charge in [0.25, 0.3) is 11.8 Å². The molecule has 26 heavy (non-hydrogen) atoms. The smallest absolute Gasteiger partial charge is 0.290 e. The fraction of sp³-hybridized carbons (Fsp3) is 0.444. The van der Waals surface area contributed by atoms with E-state index in [4.69, 9.17) is 0 Å². The van der Waals surface area contributed by atoms with Crippen LogP contribution >= 0.6 is 0 Å². The number of nitrogens with zero attached hydrogens (tertiary/aromatic N) is 4. The Morgan fingerprint density at radius 1 is 1.08 bits per heavy atom. The van der Waals surface area contributed by atoms with Crippen LogP contribution in [-0.2, 0) is 4.79 Å². The number of imidazole rings is 1. The molecule has 1 fully saturated rings. The van der Waals surface area contributed by atoms with Crippen molar-refractivity contribution in [1.29, 1.82) is 0 Å². The summed E-state index contributed by atoms with van der Waals surface area (Å²) in [5.41, 5.74) is 0.835. The van der Waals surface area contributed by atoms with Crippen molar-refractivity contribution >= 4 is 23.2 Å². The van der Waals surface area contributed by atoms with E-state index >= 15 is 0 Å². The van der Waals surface area contributed by atoms with Crippen molar-refractivity contribution in [1.82, 2.24) is 24.5 Å². The van der Waals surface area contributed by atoms with Gasteiger partial charge in [0.05, 0.1) is 5.52 Å². The molecule has 0 aliphatic carbocycles. The Hall–Kier alpha value is -2.90. The number of hydrogen-bond donors (Lipinski definition) is 1. The molecule has 3 rings (SSSR count). The molecule has 8 heteroatoms. The van der Waals surface area contributed by atoms with Gasteiger partial charge in [0, 0.05) is 45.3 Å². The highest BCUT2D eigenvalue weighted by molar-refractivity contribution is 6.02. The fourth-order valence-corrected chi connectivity index (χ4v) is 3.05. The van der Waals surface area contributed by atoms with Crippen molar-refractivity contribution < 1.29 is 14.4 Å². The van der Waals surface area contributed by atoms with E-state index in [-0.39, 0.29) is 35.3 Å². The molecule has 0 atom stereocenters. The van der Waals surface area contributed by atoms with Gasteiger partial charge in [0.15, 0.2) is 5.69 Å². The standard InChI is InChI=1S/C18H23N5O3/c1-12(2)19-17(25)15-14-6-4-5-7-23(14)16(20-15)18(26)22-10-8-21(9-11-22)13(3)24/h4-7,12H,8-11H2,1-3H3,(H,19,25). The minimum atomic E-state index is -0.302. The lowest BCUT2D eigenvalue weighted by molar-refractivity contribution is -0.130. The summed E-state index contributed by atoms with van der Waals surface area (Å²) >= 11 is 0. The molecule has 0 saturated carbocycles. The van der Waals surface area contributed by atoms with Crippen LogP contribution in [0.25, 0.3) is 5.52 Å². The van der Waals surface area contributed by atoms with Crippen LogP contribution in [0, 0.1) is 0 Å². The van der Waals surface area contributed by atoms with Gasteiger partial charge < -0.3 is 15.1 Å². The summed E-state index contributed by atoms with van der Waals surface area (Å²) in [6.07, 6.45) is 1.73. The van der Waals surface area contributed by atoms with E-state index in [1.807, 2.05) is 19.9 Å². The predicted octanol–water partition coefficient (Wildman–Crippen LogP) is 0.777. The normalized spacial score (nSPS) is 14.8. The molecule has 1 N–H and O–H groups in total. The van der Waals surface area contributed by atoms with Gasteiger partial charge in [0.1, 0.15) is 0 Å². The molecule has 138 valence electrons. The largest absolute Gasteiger partial charge is 0.348 e. The van der Waals surface area contributed by atoms with Crippen molar-refractivity contribution in [3.63, 3.8) is 0 Å². The summed E-state index contributed by atoms with van der Waals surface area (Å²) in [6.45, 7) is 7.18. The summed E-state index contributed by atoms with van der Waals surface area (Å²) in [4.78, 5) is 44.6. The lowest BCUT2D eigenvalue weighted by Gasteiger charge is -2.33. The number of aromatic nitrogens is 2. The molecular formula is C18H23N5O3. The summed E-state index contributed by atoms with van der Waals surface area (Å²) in [5, 5.41) is 2.82. The zero-order chi connectivity index (χ0) is 18.8. The first-order valence-corrected chi connectivity index (χ1v) is 8.71. The summed E-state index contributed by atoms with van der Waals surface area (Å²) in [6, 6.07) is 5.35. The maximum absolute atomic E-state index is 13.0. The van der Waals surface area contributed by atoms with E-state index in [1.165, 1.54) is 6.92 Å². The first-order valence-electron chi connectivity index (χ1n) is 8.71. The Balaban J connectivity index is 1.89. The Morgan fingerprint density at radius 3 is 2.35 bits per heavy atom. The number of amides is 3. The predicted molar refractivity (Wildman–Crippen MR) is 96.0 cm³/mol. The van der Waals surface area contributed by atoms with E-state index in [2.05, 4.69) is 10.3 Å². The van der Waals surface area contributed by atoms with Crippen molar-refractivity contribution in [2.45, 2.75) is 26.8 Å². The summed E-state index contributed by atoms with van der Waals surface area (Å²) < 4.78 is 1.65. The molecule has 1 aliphatic heterocycles. The highest BCUT2D eigenvalue weighted by Gasteiger charge is 2.28. The van der Waals surface area contributed by atoms with Gasteiger partial charge in [-0.1, -0.05) is 6.07 Å². The molecule has 0 unspecified atom stereocenters. The number of fused-ring (bicyclic) bond motifs is 1. The maximum Gasteiger partial charge on any atom is 0.290 e. The lowest BCUT2D eigenvalue weighted by atomic mass is 10.3. The van der Waals surface area contributed by atoms with Crippen LogP contribution in [0.4, 0.5) is 0 Å². The van der Waals surface area contributed by atoms with Crippen LogP contribution in [-0.4, -0.2) is 69.1 Å². The van der Waals surface area contributed by atoms with Gasteiger partial charge >= 0.3 is 0 Å². The van der Waals surface area contributed by atoms with Crippen LogP contribution in [0.2, 0.25) is 0 Å². The number of hydrogen-bond acceptors (Lipinski definition) is 4. The second kappa shape index (κ2) is 7.15. The topological polar surface area (TPSA) is 87.0 Å². The van der Waals surface area contributed by atoms with Crippen molar-refractivity contribution in [2.24, 2.45) is 0 Å². The maximum atomic E-state index is 13.0. The fourth-order valence-electron chi connectivity index (χ4n) is 3.05. The van der Waals surface area contributed by atoms with Crippen LogP contribution < -0.4 is 5.32 Å². The highest BCUT2D eigenvalue weighted by Crippen LogP contribution is 2.16. The minimum Gasteiger partial charge on any atom is -0.348 e. The Labute approximate surface area is 151 Å². The van der Waals surface area contributed by atoms with Gasteiger partial charge in [-0.05, 0) is 26.0 Å². The number of pyridine rings is 1. The molecule has 3 heterocycles. The molecule has 2 aromatic heterocycles. The minimum absolute atomic E-state index is 0.0102. The Kier molecular flexibility index (Phi) is 4.92. The van der Waals surface area contributed by atoms with E-state index in [9.17, 15) is 14.4 Å². The quantitative estimate of drug-likeness (QED) is 0.879. The number of nitrogens with one attached hydrogen (secondary N) is 1. The van der Waals surface area contributed by atoms with E-state index in [0.717, 1.165) is 0 Å². The first kappa shape index (κ1) is 17.9. The summed E-state index contributed by atoms with van der Waals surface area (Å²) in [7, 11) is 0. The van der Waals surface area contributed by atoms with Crippen LogP contribution in [0.5, 0.6) is 0 Å². The molecule has 0 aromatic carbocycles. The molecule has 1 aliphatic rings. The molecular weight excluding hydrogens is 334 g/mol. The second-order valence-corrected chi connectivity index (χ2v) is 6.67. The van der Waals surface area contributed by atoms with Gasteiger partial charge in [-0.3, -0.25) is 18.8 Å². The lowest BCUT2D eigenvalue weighted by Crippen LogP contribution is -2.50. The third kappa shape index (κ3) is 3.40. The van der Waals surface area contributed by atoms with Crippen molar-refractivity contribution in [3.8, 4) is 0 Å². The molecule has 8 nitrogen and oxygen atoms in total. The van der Waals surface area contributed by atoms with Gasteiger partial charge in [0.2, 0.25) is 11.7 Å².